The van der Waals surface area contributed by atoms with E-state index in [0.717, 1.165) is 0 Å². The lowest BCUT2D eigenvalue weighted by atomic mass is 10.2. The van der Waals surface area contributed by atoms with Crippen molar-refractivity contribution in [1.29, 1.82) is 0 Å². The van der Waals surface area contributed by atoms with Gasteiger partial charge < -0.3 is 15.6 Å². The average molecular weight is 299 g/mol. The van der Waals surface area contributed by atoms with Gasteiger partial charge in [0, 0.05) is 18.0 Å². The molecule has 98 valence electrons. The molecule has 0 radical (unpaired) electrons. The van der Waals surface area contributed by atoms with Gasteiger partial charge in [-0.05, 0) is 12.1 Å². The molecule has 7 heteroatoms. The van der Waals surface area contributed by atoms with Crippen LogP contribution in [0.4, 0.5) is 5.69 Å². The SMILES string of the molecule is Nc1cc(Cl)c(Oc2cncc(Cl)c2)c(C(=O)O)c1. The first-order valence-corrected chi connectivity index (χ1v) is 5.83. The van der Waals surface area contributed by atoms with Crippen molar-refractivity contribution in [2.24, 2.45) is 0 Å². The molecule has 0 atom stereocenters. The molecule has 3 N–H and O–H groups in total. The van der Waals surface area contributed by atoms with Gasteiger partial charge in [0.25, 0.3) is 0 Å². The zero-order valence-electron chi connectivity index (χ0n) is 9.43. The Labute approximate surface area is 118 Å². The van der Waals surface area contributed by atoms with E-state index in [1.165, 1.54) is 30.6 Å². The fourth-order valence-electron chi connectivity index (χ4n) is 1.44. The Morgan fingerprint density at radius 3 is 2.63 bits per heavy atom. The first-order chi connectivity index (χ1) is 8.97. The van der Waals surface area contributed by atoms with E-state index in [0.29, 0.717) is 5.02 Å². The number of hydrogen-bond acceptors (Lipinski definition) is 4. The molecule has 1 aromatic carbocycles. The zero-order chi connectivity index (χ0) is 14.0. The summed E-state index contributed by atoms with van der Waals surface area (Å²) in [4.78, 5) is 15.0. The van der Waals surface area contributed by atoms with Gasteiger partial charge in [0.15, 0.2) is 5.75 Å². The van der Waals surface area contributed by atoms with Crippen LogP contribution in [0.15, 0.2) is 30.6 Å². The van der Waals surface area contributed by atoms with Crippen LogP contribution >= 0.6 is 23.2 Å². The minimum Gasteiger partial charge on any atom is -0.478 e. The number of rotatable bonds is 3. The van der Waals surface area contributed by atoms with Gasteiger partial charge in [0.2, 0.25) is 0 Å². The molecule has 5 nitrogen and oxygen atoms in total. The molecule has 0 saturated heterocycles. The summed E-state index contributed by atoms with van der Waals surface area (Å²) in [7, 11) is 0. The number of aromatic carboxylic acids is 1. The van der Waals surface area contributed by atoms with Crippen molar-refractivity contribution in [3.05, 3.63) is 46.2 Å². The van der Waals surface area contributed by atoms with Crippen LogP contribution in [-0.4, -0.2) is 16.1 Å². The fourth-order valence-corrected chi connectivity index (χ4v) is 1.87. The molecule has 0 aliphatic carbocycles. The molecule has 0 aliphatic heterocycles. The summed E-state index contributed by atoms with van der Waals surface area (Å²) in [6.07, 6.45) is 2.82. The van der Waals surface area contributed by atoms with Crippen LogP contribution in [0.3, 0.4) is 0 Å². The minimum absolute atomic E-state index is 0.00701. The third-order valence-electron chi connectivity index (χ3n) is 2.20. The van der Waals surface area contributed by atoms with Crippen LogP contribution in [0.5, 0.6) is 11.5 Å². The standard InChI is InChI=1S/C12H8Cl2N2O3/c13-6-1-8(5-16-4-6)19-11-9(12(17)18)2-7(15)3-10(11)14/h1-5H,15H2,(H,17,18). The van der Waals surface area contributed by atoms with Crippen LogP contribution in [-0.2, 0) is 0 Å². The molecule has 0 amide bonds. The Hall–Kier alpha value is -1.98. The first kappa shape index (κ1) is 13.5. The number of carbonyl (C=O) groups is 1. The Kier molecular flexibility index (Phi) is 3.78. The molecule has 19 heavy (non-hydrogen) atoms. The number of pyridine rings is 1. The highest BCUT2D eigenvalue weighted by Crippen LogP contribution is 2.35. The molecule has 2 rings (SSSR count). The smallest absolute Gasteiger partial charge is 0.339 e. The summed E-state index contributed by atoms with van der Waals surface area (Å²) >= 11 is 11.7. The predicted molar refractivity (Wildman–Crippen MR) is 72.1 cm³/mol. The van der Waals surface area contributed by atoms with E-state index < -0.39 is 5.97 Å². The zero-order valence-corrected chi connectivity index (χ0v) is 10.9. The van der Waals surface area contributed by atoms with Gasteiger partial charge in [0.1, 0.15) is 11.3 Å². The second-order valence-corrected chi connectivity index (χ2v) is 4.47. The number of nitrogen functional groups attached to an aromatic ring is 1. The predicted octanol–water partition coefficient (Wildman–Crippen LogP) is 3.46. The Bertz CT molecular complexity index is 647. The Morgan fingerprint density at radius 2 is 2.00 bits per heavy atom. The van der Waals surface area contributed by atoms with Crippen molar-refractivity contribution in [3.63, 3.8) is 0 Å². The molecular weight excluding hydrogens is 291 g/mol. The lowest BCUT2D eigenvalue weighted by Gasteiger charge is -2.11. The number of halogens is 2. The number of hydrogen-bond donors (Lipinski definition) is 2. The van der Waals surface area contributed by atoms with E-state index in [1.54, 1.807) is 0 Å². The summed E-state index contributed by atoms with van der Waals surface area (Å²) in [5.41, 5.74) is 5.65. The van der Waals surface area contributed by atoms with Gasteiger partial charge >= 0.3 is 5.97 Å². The second-order valence-electron chi connectivity index (χ2n) is 3.63. The number of aromatic nitrogens is 1. The molecule has 2 aromatic rings. The molecule has 0 fully saturated rings. The largest absolute Gasteiger partial charge is 0.478 e. The number of benzene rings is 1. The van der Waals surface area contributed by atoms with Crippen LogP contribution in [0.25, 0.3) is 0 Å². The van der Waals surface area contributed by atoms with Crippen LogP contribution in [0, 0.1) is 0 Å². The number of carboxylic acids is 1. The number of carboxylic acid groups (broad SMARTS) is 1. The third kappa shape index (κ3) is 3.07. The van der Waals surface area contributed by atoms with Gasteiger partial charge in [0.05, 0.1) is 16.2 Å². The van der Waals surface area contributed by atoms with E-state index in [9.17, 15) is 4.79 Å². The average Bonchev–Trinajstić information content (AvgIpc) is 2.32. The molecule has 0 bridgehead atoms. The van der Waals surface area contributed by atoms with Crippen LogP contribution in [0.2, 0.25) is 10.0 Å². The van der Waals surface area contributed by atoms with Crippen molar-refractivity contribution in [1.82, 2.24) is 4.98 Å². The van der Waals surface area contributed by atoms with Gasteiger partial charge in [-0.25, -0.2) is 4.79 Å². The van der Waals surface area contributed by atoms with Crippen molar-refractivity contribution < 1.29 is 14.6 Å². The summed E-state index contributed by atoms with van der Waals surface area (Å²) in [5.74, 6) is -0.923. The summed E-state index contributed by atoms with van der Waals surface area (Å²) in [6.45, 7) is 0. The first-order valence-electron chi connectivity index (χ1n) is 5.08. The number of ether oxygens (including phenoxy) is 1. The molecule has 1 heterocycles. The Balaban J connectivity index is 2.47. The van der Waals surface area contributed by atoms with Crippen molar-refractivity contribution in [2.45, 2.75) is 0 Å². The molecule has 0 aliphatic rings. The summed E-state index contributed by atoms with van der Waals surface area (Å²) < 4.78 is 5.42. The van der Waals surface area contributed by atoms with E-state index in [-0.39, 0.29) is 27.8 Å². The minimum atomic E-state index is -1.20. The molecule has 0 unspecified atom stereocenters. The molecule has 1 aromatic heterocycles. The van der Waals surface area contributed by atoms with Gasteiger partial charge in [-0.15, -0.1) is 0 Å². The summed E-state index contributed by atoms with van der Waals surface area (Å²) in [5, 5.41) is 9.57. The lowest BCUT2D eigenvalue weighted by Crippen LogP contribution is -2.02. The van der Waals surface area contributed by atoms with Crippen LogP contribution in [0.1, 0.15) is 10.4 Å². The van der Waals surface area contributed by atoms with E-state index in [1.807, 2.05) is 0 Å². The Morgan fingerprint density at radius 1 is 1.26 bits per heavy atom. The maximum Gasteiger partial charge on any atom is 0.339 e. The maximum absolute atomic E-state index is 11.1. The lowest BCUT2D eigenvalue weighted by molar-refractivity contribution is 0.0694. The van der Waals surface area contributed by atoms with E-state index in [4.69, 9.17) is 38.8 Å². The van der Waals surface area contributed by atoms with Crippen molar-refractivity contribution in [3.8, 4) is 11.5 Å². The molecule has 0 saturated carbocycles. The fraction of sp³-hybridized carbons (Fsp3) is 0. The molecule has 0 spiro atoms. The maximum atomic E-state index is 11.1. The van der Waals surface area contributed by atoms with Gasteiger partial charge in [-0.3, -0.25) is 4.98 Å². The number of nitrogens with two attached hydrogens (primary N) is 1. The quantitative estimate of drug-likeness (QED) is 0.848. The normalized spacial score (nSPS) is 10.2. The number of nitrogens with zero attached hydrogens (tertiary/aromatic N) is 1. The number of anilines is 1. The molecular formula is C12H8Cl2N2O3. The monoisotopic (exact) mass is 298 g/mol. The third-order valence-corrected chi connectivity index (χ3v) is 2.68. The van der Waals surface area contributed by atoms with Gasteiger partial charge in [-0.1, -0.05) is 23.2 Å². The topological polar surface area (TPSA) is 85.4 Å². The summed E-state index contributed by atoms with van der Waals surface area (Å²) in [6, 6.07) is 4.16. The highest BCUT2D eigenvalue weighted by molar-refractivity contribution is 6.33. The van der Waals surface area contributed by atoms with Crippen molar-refractivity contribution in [2.75, 3.05) is 5.73 Å². The van der Waals surface area contributed by atoms with Gasteiger partial charge in [-0.2, -0.15) is 0 Å². The second kappa shape index (κ2) is 5.34. The van der Waals surface area contributed by atoms with E-state index >= 15 is 0 Å². The highest BCUT2D eigenvalue weighted by Gasteiger charge is 2.17. The van der Waals surface area contributed by atoms with Crippen LogP contribution < -0.4 is 10.5 Å². The van der Waals surface area contributed by atoms with Crippen molar-refractivity contribution >= 4 is 34.9 Å². The highest BCUT2D eigenvalue weighted by atomic mass is 35.5. The van der Waals surface area contributed by atoms with E-state index in [2.05, 4.69) is 4.98 Å².